The summed E-state index contributed by atoms with van der Waals surface area (Å²) < 4.78 is 38.4. The molecule has 0 atom stereocenters. The molecule has 0 spiro atoms. The minimum atomic E-state index is -4.35. The topological polar surface area (TPSA) is 38.7 Å². The number of hydrogen-bond acceptors (Lipinski definition) is 4. The minimum absolute atomic E-state index is 0.512. The van der Waals surface area contributed by atoms with Crippen LogP contribution < -0.4 is 0 Å². The maximum absolute atomic E-state index is 12.8. The molecule has 0 N–H and O–H groups in total. The van der Waals surface area contributed by atoms with Crippen molar-refractivity contribution < 1.29 is 13.2 Å². The van der Waals surface area contributed by atoms with Gasteiger partial charge in [-0.15, -0.1) is 10.2 Å². The lowest BCUT2D eigenvalue weighted by Crippen LogP contribution is -2.04. The third-order valence-corrected chi connectivity index (χ3v) is 3.98. The van der Waals surface area contributed by atoms with Gasteiger partial charge in [0.1, 0.15) is 5.69 Å². The van der Waals surface area contributed by atoms with Crippen LogP contribution in [0.2, 0.25) is 0 Å². The summed E-state index contributed by atoms with van der Waals surface area (Å²) in [5, 5.41) is 8.64. The highest BCUT2D eigenvalue weighted by atomic mass is 32.2. The van der Waals surface area contributed by atoms with Crippen molar-refractivity contribution in [1.29, 1.82) is 0 Å². The molecule has 0 amide bonds. The summed E-state index contributed by atoms with van der Waals surface area (Å²) in [4.78, 5) is 4.16. The number of thioether (sulfide) groups is 1. The van der Waals surface area contributed by atoms with Gasteiger partial charge in [-0.2, -0.15) is 13.2 Å². The molecule has 24 heavy (non-hydrogen) atoms. The van der Waals surface area contributed by atoms with Crippen LogP contribution in [0.1, 0.15) is 5.56 Å². The van der Waals surface area contributed by atoms with Crippen LogP contribution in [0.4, 0.5) is 13.2 Å². The van der Waals surface area contributed by atoms with Crippen LogP contribution in [-0.4, -0.2) is 21.4 Å². The second-order valence-corrected chi connectivity index (χ2v) is 5.76. The lowest BCUT2D eigenvalue weighted by Gasteiger charge is -2.09. The Hall–Kier alpha value is -2.41. The van der Waals surface area contributed by atoms with Crippen molar-refractivity contribution >= 4 is 11.8 Å². The van der Waals surface area contributed by atoms with Crippen molar-refractivity contribution in [2.24, 2.45) is 0 Å². The number of benzene rings is 2. The highest BCUT2D eigenvalue weighted by molar-refractivity contribution is 7.98. The van der Waals surface area contributed by atoms with Gasteiger partial charge in [0.25, 0.3) is 0 Å². The Morgan fingerprint density at radius 2 is 1.58 bits per heavy atom. The fraction of sp³-hybridized carbons (Fsp3) is 0.118. The van der Waals surface area contributed by atoms with Crippen molar-refractivity contribution in [3.8, 4) is 22.4 Å². The average Bonchev–Trinajstić information content (AvgIpc) is 2.61. The molecule has 1 aromatic heterocycles. The van der Waals surface area contributed by atoms with Gasteiger partial charge >= 0.3 is 6.18 Å². The van der Waals surface area contributed by atoms with Gasteiger partial charge in [-0.25, -0.2) is 4.98 Å². The molecule has 3 rings (SSSR count). The second-order valence-electron chi connectivity index (χ2n) is 4.99. The Morgan fingerprint density at radius 3 is 2.17 bits per heavy atom. The van der Waals surface area contributed by atoms with Crippen molar-refractivity contribution in [3.05, 3.63) is 60.3 Å². The van der Waals surface area contributed by atoms with E-state index in [4.69, 9.17) is 0 Å². The molecule has 3 nitrogen and oxygen atoms in total. The Balaban J connectivity index is 1.89. The van der Waals surface area contributed by atoms with Crippen LogP contribution >= 0.6 is 11.8 Å². The molecule has 0 radical (unpaired) electrons. The van der Waals surface area contributed by atoms with Gasteiger partial charge in [-0.1, -0.05) is 48.2 Å². The van der Waals surface area contributed by atoms with Gasteiger partial charge in [0.2, 0.25) is 5.16 Å². The molecule has 7 heteroatoms. The summed E-state index contributed by atoms with van der Waals surface area (Å²) >= 11 is 1.40. The van der Waals surface area contributed by atoms with E-state index in [9.17, 15) is 13.2 Å². The number of alkyl halides is 3. The first-order valence-corrected chi connectivity index (χ1v) is 8.21. The summed E-state index contributed by atoms with van der Waals surface area (Å²) in [6.45, 7) is 0. The van der Waals surface area contributed by atoms with Crippen molar-refractivity contribution in [2.75, 3.05) is 6.26 Å². The van der Waals surface area contributed by atoms with Gasteiger partial charge in [0.05, 0.1) is 11.8 Å². The molecule has 0 saturated carbocycles. The number of rotatable bonds is 3. The first kappa shape index (κ1) is 16.4. The zero-order valence-electron chi connectivity index (χ0n) is 12.6. The largest absolute Gasteiger partial charge is 0.416 e. The lowest BCUT2D eigenvalue weighted by molar-refractivity contribution is -0.137. The molecule has 0 fully saturated rings. The van der Waals surface area contributed by atoms with Crippen LogP contribution in [0.15, 0.2) is 59.9 Å². The fourth-order valence-electron chi connectivity index (χ4n) is 2.20. The Labute approximate surface area is 141 Å². The maximum atomic E-state index is 12.8. The monoisotopic (exact) mass is 347 g/mol. The quantitative estimate of drug-likeness (QED) is 0.629. The normalized spacial score (nSPS) is 11.5. The van der Waals surface area contributed by atoms with Crippen LogP contribution in [-0.2, 0) is 6.18 Å². The second kappa shape index (κ2) is 6.60. The van der Waals surface area contributed by atoms with E-state index >= 15 is 0 Å². The minimum Gasteiger partial charge on any atom is -0.227 e. The van der Waals surface area contributed by atoms with Crippen LogP contribution in [0, 0.1) is 0 Å². The van der Waals surface area contributed by atoms with Crippen molar-refractivity contribution in [3.63, 3.8) is 0 Å². The number of aromatic nitrogens is 3. The van der Waals surface area contributed by atoms with E-state index in [0.29, 0.717) is 22.0 Å². The van der Waals surface area contributed by atoms with Gasteiger partial charge < -0.3 is 0 Å². The first-order valence-electron chi connectivity index (χ1n) is 6.99. The summed E-state index contributed by atoms with van der Waals surface area (Å²) in [6, 6.07) is 12.4. The van der Waals surface area contributed by atoms with E-state index in [2.05, 4.69) is 15.2 Å². The Bertz CT molecular complexity index is 831. The highest BCUT2D eigenvalue weighted by Gasteiger charge is 2.30. The number of hydrogen-bond donors (Lipinski definition) is 0. The van der Waals surface area contributed by atoms with E-state index in [0.717, 1.165) is 17.7 Å². The first-order chi connectivity index (χ1) is 11.5. The predicted octanol–water partition coefficient (Wildman–Crippen LogP) is 4.95. The molecule has 0 saturated heterocycles. The van der Waals surface area contributed by atoms with Crippen LogP contribution in [0.3, 0.4) is 0 Å². The maximum Gasteiger partial charge on any atom is 0.416 e. The van der Waals surface area contributed by atoms with E-state index < -0.39 is 11.7 Å². The molecular formula is C17H12F3N3S. The van der Waals surface area contributed by atoms with Crippen LogP contribution in [0.5, 0.6) is 0 Å². The molecule has 2 aromatic carbocycles. The molecule has 122 valence electrons. The summed E-state index contributed by atoms with van der Waals surface area (Å²) in [5.74, 6) is 0. The van der Waals surface area contributed by atoms with Crippen molar-refractivity contribution in [2.45, 2.75) is 11.3 Å². The van der Waals surface area contributed by atoms with E-state index in [1.165, 1.54) is 17.8 Å². The Kier molecular flexibility index (Phi) is 4.53. The Morgan fingerprint density at radius 1 is 0.875 bits per heavy atom. The number of nitrogens with zero attached hydrogens (tertiary/aromatic N) is 3. The molecule has 0 aliphatic heterocycles. The zero-order chi connectivity index (χ0) is 17.2. The van der Waals surface area contributed by atoms with Gasteiger partial charge in [0.15, 0.2) is 0 Å². The third-order valence-electron chi connectivity index (χ3n) is 3.43. The fourth-order valence-corrected chi connectivity index (χ4v) is 2.48. The van der Waals surface area contributed by atoms with Gasteiger partial charge in [-0.3, -0.25) is 0 Å². The predicted molar refractivity (Wildman–Crippen MR) is 87.5 cm³/mol. The molecule has 1 heterocycles. The van der Waals surface area contributed by atoms with E-state index in [-0.39, 0.29) is 0 Å². The highest BCUT2D eigenvalue weighted by Crippen LogP contribution is 2.32. The standard InChI is InChI=1S/C17H12F3N3S/c1-24-16-21-10-15(22-23-16)12-7-5-11(6-8-12)13-3-2-4-14(9-13)17(18,19)20/h2-10H,1H3. The van der Waals surface area contributed by atoms with E-state index in [1.807, 2.05) is 6.26 Å². The summed E-state index contributed by atoms with van der Waals surface area (Å²) in [7, 11) is 0. The van der Waals surface area contributed by atoms with E-state index in [1.54, 1.807) is 36.5 Å². The lowest BCUT2D eigenvalue weighted by atomic mass is 10.0. The molecule has 0 aliphatic rings. The summed E-state index contributed by atoms with van der Waals surface area (Å²) in [6.07, 6.45) is -0.866. The molecule has 0 aliphatic carbocycles. The molecular weight excluding hydrogens is 335 g/mol. The average molecular weight is 347 g/mol. The number of halogens is 3. The van der Waals surface area contributed by atoms with Crippen LogP contribution in [0.25, 0.3) is 22.4 Å². The smallest absolute Gasteiger partial charge is 0.227 e. The SMILES string of the molecule is CSc1ncc(-c2ccc(-c3cccc(C(F)(F)F)c3)cc2)nn1. The van der Waals surface area contributed by atoms with Gasteiger partial charge in [-0.05, 0) is 29.5 Å². The molecule has 0 bridgehead atoms. The van der Waals surface area contributed by atoms with Gasteiger partial charge in [0, 0.05) is 5.56 Å². The molecule has 0 unspecified atom stereocenters. The van der Waals surface area contributed by atoms with Crippen molar-refractivity contribution in [1.82, 2.24) is 15.2 Å². The zero-order valence-corrected chi connectivity index (χ0v) is 13.4. The third kappa shape index (κ3) is 3.56. The molecule has 3 aromatic rings. The summed E-state index contributed by atoms with van der Waals surface area (Å²) in [5.41, 5.74) is 1.97.